The van der Waals surface area contributed by atoms with E-state index in [2.05, 4.69) is 23.9 Å². The van der Waals surface area contributed by atoms with Crippen LogP contribution in [0.25, 0.3) is 0 Å². The van der Waals surface area contributed by atoms with Gasteiger partial charge in [0.25, 0.3) is 0 Å². The van der Waals surface area contributed by atoms with E-state index in [0.29, 0.717) is 4.99 Å². The van der Waals surface area contributed by atoms with Crippen molar-refractivity contribution in [2.45, 2.75) is 12.8 Å². The molecule has 0 aromatic heterocycles. The minimum Gasteiger partial charge on any atom is -0.389 e. The Morgan fingerprint density at radius 1 is 1.45 bits per heavy atom. The lowest BCUT2D eigenvalue weighted by Crippen LogP contribution is -2.36. The normalized spacial score (nSPS) is 17.1. The second kappa shape index (κ2) is 6.74. The number of hydrogen-bond donors (Lipinski definition) is 1. The van der Waals surface area contributed by atoms with E-state index in [-0.39, 0.29) is 0 Å². The Balaban J connectivity index is 2.10. The summed E-state index contributed by atoms with van der Waals surface area (Å²) >= 11 is 11.2. The van der Waals surface area contributed by atoms with Crippen molar-refractivity contribution < 1.29 is 0 Å². The molecular formula is C15H22ClN3S. The van der Waals surface area contributed by atoms with Gasteiger partial charge in [0.1, 0.15) is 4.99 Å². The van der Waals surface area contributed by atoms with Gasteiger partial charge in [-0.1, -0.05) is 23.8 Å². The highest BCUT2D eigenvalue weighted by Gasteiger charge is 2.19. The van der Waals surface area contributed by atoms with Crippen LogP contribution in [0.2, 0.25) is 5.02 Å². The molecule has 1 aromatic carbocycles. The minimum absolute atomic E-state index is 0.423. The molecule has 20 heavy (non-hydrogen) atoms. The van der Waals surface area contributed by atoms with Crippen molar-refractivity contribution in [2.75, 3.05) is 38.6 Å². The summed E-state index contributed by atoms with van der Waals surface area (Å²) in [5.41, 5.74) is 7.74. The second-order valence-corrected chi connectivity index (χ2v) is 6.53. The third-order valence-electron chi connectivity index (χ3n) is 4.01. The molecule has 0 saturated carbocycles. The molecule has 0 bridgehead atoms. The molecule has 2 rings (SSSR count). The van der Waals surface area contributed by atoms with Gasteiger partial charge >= 0.3 is 0 Å². The molecule has 0 unspecified atom stereocenters. The predicted octanol–water partition coefficient (Wildman–Crippen LogP) is 2.75. The Bertz CT molecular complexity index is 484. The van der Waals surface area contributed by atoms with E-state index in [1.54, 1.807) is 0 Å². The minimum atomic E-state index is 0.423. The van der Waals surface area contributed by atoms with E-state index in [0.717, 1.165) is 28.7 Å². The van der Waals surface area contributed by atoms with Crippen LogP contribution in [0.1, 0.15) is 18.4 Å². The predicted molar refractivity (Wildman–Crippen MR) is 90.8 cm³/mol. The summed E-state index contributed by atoms with van der Waals surface area (Å²) in [6.45, 7) is 3.37. The zero-order valence-electron chi connectivity index (χ0n) is 12.1. The summed E-state index contributed by atoms with van der Waals surface area (Å²) in [4.78, 5) is 5.04. The van der Waals surface area contributed by atoms with E-state index in [1.165, 1.54) is 25.9 Å². The third-order valence-corrected chi connectivity index (χ3v) is 4.46. The van der Waals surface area contributed by atoms with Crippen LogP contribution in [-0.4, -0.2) is 43.6 Å². The fourth-order valence-electron chi connectivity index (χ4n) is 2.76. The van der Waals surface area contributed by atoms with Crippen LogP contribution >= 0.6 is 23.8 Å². The van der Waals surface area contributed by atoms with Gasteiger partial charge in [-0.05, 0) is 57.1 Å². The summed E-state index contributed by atoms with van der Waals surface area (Å²) in [6.07, 6.45) is 2.48. The quantitative estimate of drug-likeness (QED) is 0.867. The molecule has 3 nitrogen and oxygen atoms in total. The van der Waals surface area contributed by atoms with Crippen LogP contribution in [0.3, 0.4) is 0 Å². The molecule has 0 aliphatic carbocycles. The molecule has 0 amide bonds. The van der Waals surface area contributed by atoms with Crippen molar-refractivity contribution in [3.05, 3.63) is 28.8 Å². The molecule has 5 heteroatoms. The van der Waals surface area contributed by atoms with Crippen LogP contribution in [0.5, 0.6) is 0 Å². The van der Waals surface area contributed by atoms with Crippen LogP contribution in [0, 0.1) is 5.92 Å². The molecule has 0 radical (unpaired) electrons. The first-order valence-corrected chi connectivity index (χ1v) is 7.75. The van der Waals surface area contributed by atoms with Crippen molar-refractivity contribution in [2.24, 2.45) is 11.7 Å². The van der Waals surface area contributed by atoms with Gasteiger partial charge in [0.2, 0.25) is 0 Å². The first-order valence-electron chi connectivity index (χ1n) is 6.96. The molecule has 1 aliphatic heterocycles. The van der Waals surface area contributed by atoms with Crippen molar-refractivity contribution in [3.8, 4) is 0 Å². The van der Waals surface area contributed by atoms with Gasteiger partial charge in [-0.3, -0.25) is 0 Å². The monoisotopic (exact) mass is 311 g/mol. The van der Waals surface area contributed by atoms with Crippen molar-refractivity contribution in [3.63, 3.8) is 0 Å². The van der Waals surface area contributed by atoms with Crippen LogP contribution < -0.4 is 10.6 Å². The third kappa shape index (κ3) is 3.84. The average molecular weight is 312 g/mol. The highest BCUT2D eigenvalue weighted by Crippen LogP contribution is 2.26. The molecule has 1 fully saturated rings. The van der Waals surface area contributed by atoms with Gasteiger partial charge in [0.05, 0.1) is 0 Å². The topological polar surface area (TPSA) is 32.5 Å². The van der Waals surface area contributed by atoms with Gasteiger partial charge in [-0.15, -0.1) is 0 Å². The fraction of sp³-hybridized carbons (Fsp3) is 0.533. The summed E-state index contributed by atoms with van der Waals surface area (Å²) in [7, 11) is 4.27. The molecule has 1 aromatic rings. The van der Waals surface area contributed by atoms with Crippen LogP contribution in [0.4, 0.5) is 5.69 Å². The average Bonchev–Trinajstić information content (AvgIpc) is 2.41. The maximum Gasteiger partial charge on any atom is 0.106 e. The first kappa shape index (κ1) is 15.5. The van der Waals surface area contributed by atoms with Gasteiger partial charge in [-0.2, -0.15) is 0 Å². The molecule has 0 spiro atoms. The molecule has 1 heterocycles. The van der Waals surface area contributed by atoms with Gasteiger partial charge in [0.15, 0.2) is 0 Å². The number of anilines is 1. The van der Waals surface area contributed by atoms with E-state index in [1.807, 2.05) is 18.2 Å². The zero-order chi connectivity index (χ0) is 14.7. The van der Waals surface area contributed by atoms with Crippen LogP contribution in [-0.2, 0) is 0 Å². The summed E-state index contributed by atoms with van der Waals surface area (Å²) in [5.74, 6) is 0.717. The fourth-order valence-corrected chi connectivity index (χ4v) is 3.10. The standard InChI is InChI=1S/C15H22ClN3S/c1-18-7-5-11(6-8-18)10-19(2)14-9-12(16)3-4-13(14)15(17)20/h3-4,9,11H,5-8,10H2,1-2H3,(H2,17,20). The number of piperidine rings is 1. The zero-order valence-corrected chi connectivity index (χ0v) is 13.7. The van der Waals surface area contributed by atoms with Crippen LogP contribution in [0.15, 0.2) is 18.2 Å². The lowest BCUT2D eigenvalue weighted by molar-refractivity contribution is 0.222. The van der Waals surface area contributed by atoms with E-state index >= 15 is 0 Å². The SMILES string of the molecule is CN1CCC(CN(C)c2cc(Cl)ccc2C(N)=S)CC1. The second-order valence-electron chi connectivity index (χ2n) is 5.65. The van der Waals surface area contributed by atoms with E-state index in [4.69, 9.17) is 29.6 Å². The maximum atomic E-state index is 6.11. The molecule has 0 atom stereocenters. The number of nitrogens with zero attached hydrogens (tertiary/aromatic N) is 2. The van der Waals surface area contributed by atoms with Crippen molar-refractivity contribution in [1.82, 2.24) is 4.90 Å². The van der Waals surface area contributed by atoms with E-state index < -0.39 is 0 Å². The Labute approximate surface area is 131 Å². The molecular weight excluding hydrogens is 290 g/mol. The summed E-state index contributed by atoms with van der Waals surface area (Å²) in [5, 5.41) is 0.718. The first-order chi connectivity index (χ1) is 9.47. The Morgan fingerprint density at radius 3 is 2.70 bits per heavy atom. The number of nitrogens with two attached hydrogens (primary N) is 1. The lowest BCUT2D eigenvalue weighted by atomic mass is 9.96. The number of halogens is 1. The summed E-state index contributed by atoms with van der Waals surface area (Å²) < 4.78 is 0. The molecule has 2 N–H and O–H groups in total. The highest BCUT2D eigenvalue weighted by atomic mass is 35.5. The molecule has 110 valence electrons. The maximum absolute atomic E-state index is 6.11. The van der Waals surface area contributed by atoms with Crippen molar-refractivity contribution >= 4 is 34.5 Å². The Kier molecular flexibility index (Phi) is 5.24. The van der Waals surface area contributed by atoms with Gasteiger partial charge < -0.3 is 15.5 Å². The van der Waals surface area contributed by atoms with Crippen molar-refractivity contribution in [1.29, 1.82) is 0 Å². The number of thiocarbonyl (C=S) groups is 1. The Hall–Kier alpha value is -0.840. The lowest BCUT2D eigenvalue weighted by Gasteiger charge is -2.33. The number of likely N-dealkylation sites (tertiary alicyclic amines) is 1. The Morgan fingerprint density at radius 2 is 2.10 bits per heavy atom. The number of hydrogen-bond acceptors (Lipinski definition) is 3. The number of benzene rings is 1. The van der Waals surface area contributed by atoms with Gasteiger partial charge in [-0.25, -0.2) is 0 Å². The van der Waals surface area contributed by atoms with Gasteiger partial charge in [0, 0.05) is 29.9 Å². The highest BCUT2D eigenvalue weighted by molar-refractivity contribution is 7.80. The molecule has 1 saturated heterocycles. The largest absolute Gasteiger partial charge is 0.389 e. The molecule has 1 aliphatic rings. The smallest absolute Gasteiger partial charge is 0.106 e. The number of rotatable bonds is 4. The summed E-state index contributed by atoms with van der Waals surface area (Å²) in [6, 6.07) is 5.69. The van der Waals surface area contributed by atoms with E-state index in [9.17, 15) is 0 Å².